The third-order valence-electron chi connectivity index (χ3n) is 2.07. The van der Waals surface area contributed by atoms with E-state index in [0.717, 1.165) is 28.4 Å². The van der Waals surface area contributed by atoms with Gasteiger partial charge in [-0.3, -0.25) is 0 Å². The summed E-state index contributed by atoms with van der Waals surface area (Å²) in [5.41, 5.74) is 6.78. The maximum absolute atomic E-state index is 5.72. The van der Waals surface area contributed by atoms with Gasteiger partial charge in [-0.1, -0.05) is 39.9 Å². The number of nitrogens with two attached hydrogens (primary N) is 1. The van der Waals surface area contributed by atoms with E-state index >= 15 is 0 Å². The maximum atomic E-state index is 5.72. The Balaban J connectivity index is 3.18. The lowest BCUT2D eigenvalue weighted by molar-refractivity contribution is 0.569. The van der Waals surface area contributed by atoms with Gasteiger partial charge in [-0.25, -0.2) is 4.98 Å². The van der Waals surface area contributed by atoms with Crippen molar-refractivity contribution in [2.45, 2.75) is 46.0 Å². The first kappa shape index (κ1) is 12.6. The first-order valence-electron chi connectivity index (χ1n) is 5.16. The topological polar surface area (TPSA) is 38.9 Å². The molecule has 0 spiro atoms. The zero-order valence-corrected chi connectivity index (χ0v) is 11.4. The fraction of sp³-hybridized carbons (Fsp3) is 0.636. The van der Waals surface area contributed by atoms with Gasteiger partial charge in [0.05, 0.1) is 15.6 Å². The van der Waals surface area contributed by atoms with Gasteiger partial charge in [0.2, 0.25) is 0 Å². The van der Waals surface area contributed by atoms with E-state index in [0.29, 0.717) is 4.99 Å². The van der Waals surface area contributed by atoms with Crippen molar-refractivity contribution in [3.63, 3.8) is 0 Å². The van der Waals surface area contributed by atoms with Crippen LogP contribution in [-0.4, -0.2) is 9.97 Å². The lowest BCUT2D eigenvalue weighted by Crippen LogP contribution is -2.19. The van der Waals surface area contributed by atoms with Crippen LogP contribution < -0.4 is 5.73 Å². The molecule has 2 nitrogen and oxygen atoms in total. The standard InChI is InChI=1S/C11H18N2S2/c1-5-6-7-13-9(11(2,3)4)8(15-7)10(12)14/h5-6H2,1-4H3,(H2,12,14). The van der Waals surface area contributed by atoms with Crippen LogP contribution in [0, 0.1) is 0 Å². The molecule has 1 rings (SSSR count). The average molecular weight is 242 g/mol. The minimum absolute atomic E-state index is 0.0151. The van der Waals surface area contributed by atoms with Gasteiger partial charge in [0.15, 0.2) is 0 Å². The summed E-state index contributed by atoms with van der Waals surface area (Å²) >= 11 is 6.71. The third kappa shape index (κ3) is 2.98. The highest BCUT2D eigenvalue weighted by molar-refractivity contribution is 7.81. The van der Waals surface area contributed by atoms with Gasteiger partial charge >= 0.3 is 0 Å². The van der Waals surface area contributed by atoms with Crippen molar-refractivity contribution in [2.75, 3.05) is 0 Å². The van der Waals surface area contributed by atoms with Crippen molar-refractivity contribution in [3.8, 4) is 0 Å². The molecule has 15 heavy (non-hydrogen) atoms. The number of thiocarbonyl (C=S) groups is 1. The lowest BCUT2D eigenvalue weighted by atomic mass is 9.91. The molecule has 0 aliphatic carbocycles. The van der Waals surface area contributed by atoms with Gasteiger partial charge in [-0.2, -0.15) is 0 Å². The van der Waals surface area contributed by atoms with Crippen LogP contribution in [0.3, 0.4) is 0 Å². The van der Waals surface area contributed by atoms with Crippen molar-refractivity contribution < 1.29 is 0 Å². The van der Waals surface area contributed by atoms with Gasteiger partial charge < -0.3 is 5.73 Å². The average Bonchev–Trinajstić information content (AvgIpc) is 2.48. The van der Waals surface area contributed by atoms with Gasteiger partial charge in [0.25, 0.3) is 0 Å². The van der Waals surface area contributed by atoms with Crippen molar-refractivity contribution in [2.24, 2.45) is 5.73 Å². The molecule has 0 aliphatic heterocycles. The van der Waals surface area contributed by atoms with E-state index in [1.807, 2.05) is 0 Å². The minimum Gasteiger partial charge on any atom is -0.389 e. The lowest BCUT2D eigenvalue weighted by Gasteiger charge is -2.16. The second kappa shape index (κ2) is 4.58. The molecule has 0 amide bonds. The smallest absolute Gasteiger partial charge is 0.116 e. The summed E-state index contributed by atoms with van der Waals surface area (Å²) in [6, 6.07) is 0. The first-order valence-corrected chi connectivity index (χ1v) is 6.38. The third-order valence-corrected chi connectivity index (χ3v) is 3.55. The van der Waals surface area contributed by atoms with Gasteiger partial charge in [-0.15, -0.1) is 11.3 Å². The molecule has 2 N–H and O–H groups in total. The Kier molecular flexibility index (Phi) is 3.84. The molecular formula is C11H18N2S2. The van der Waals surface area contributed by atoms with E-state index in [2.05, 4.69) is 32.7 Å². The zero-order chi connectivity index (χ0) is 11.6. The molecule has 0 aromatic carbocycles. The highest BCUT2D eigenvalue weighted by atomic mass is 32.1. The molecule has 0 aliphatic rings. The number of hydrogen-bond acceptors (Lipinski definition) is 3. The molecule has 0 bridgehead atoms. The van der Waals surface area contributed by atoms with Gasteiger partial charge in [0, 0.05) is 5.41 Å². The number of aryl methyl sites for hydroxylation is 1. The molecule has 0 saturated carbocycles. The highest BCUT2D eigenvalue weighted by Gasteiger charge is 2.24. The van der Waals surface area contributed by atoms with Crippen molar-refractivity contribution in [3.05, 3.63) is 15.6 Å². The van der Waals surface area contributed by atoms with Crippen LogP contribution >= 0.6 is 23.6 Å². The van der Waals surface area contributed by atoms with E-state index in [1.165, 1.54) is 0 Å². The van der Waals surface area contributed by atoms with Crippen LogP contribution in [0.5, 0.6) is 0 Å². The Morgan fingerprint density at radius 3 is 2.40 bits per heavy atom. The summed E-state index contributed by atoms with van der Waals surface area (Å²) in [6.07, 6.45) is 2.12. The van der Waals surface area contributed by atoms with Crippen LogP contribution in [-0.2, 0) is 11.8 Å². The van der Waals surface area contributed by atoms with Gasteiger partial charge in [0.1, 0.15) is 4.99 Å². The number of aromatic nitrogens is 1. The summed E-state index contributed by atoms with van der Waals surface area (Å²) in [5, 5.41) is 1.14. The van der Waals surface area contributed by atoms with E-state index < -0.39 is 0 Å². The number of nitrogens with zero attached hydrogens (tertiary/aromatic N) is 1. The molecular weight excluding hydrogens is 224 g/mol. The summed E-state index contributed by atoms with van der Waals surface area (Å²) < 4.78 is 0. The van der Waals surface area contributed by atoms with E-state index in [1.54, 1.807) is 11.3 Å². The minimum atomic E-state index is 0.0151. The highest BCUT2D eigenvalue weighted by Crippen LogP contribution is 2.30. The molecule has 0 fully saturated rings. The summed E-state index contributed by atoms with van der Waals surface area (Å²) in [5.74, 6) is 0. The summed E-state index contributed by atoms with van der Waals surface area (Å²) in [7, 11) is 0. The molecule has 0 atom stereocenters. The normalized spacial score (nSPS) is 11.7. The van der Waals surface area contributed by atoms with Crippen molar-refractivity contribution >= 4 is 28.5 Å². The molecule has 1 heterocycles. The molecule has 4 heteroatoms. The van der Waals surface area contributed by atoms with Crippen molar-refractivity contribution in [1.82, 2.24) is 4.98 Å². The SMILES string of the molecule is CCCc1nc(C(C)(C)C)c(C(N)=S)s1. The van der Waals surface area contributed by atoms with E-state index in [9.17, 15) is 0 Å². The van der Waals surface area contributed by atoms with Crippen molar-refractivity contribution in [1.29, 1.82) is 0 Å². The Hall–Kier alpha value is -0.480. The fourth-order valence-electron chi connectivity index (χ4n) is 1.36. The Bertz CT molecular complexity index is 361. The van der Waals surface area contributed by atoms with Gasteiger partial charge in [-0.05, 0) is 12.8 Å². The summed E-state index contributed by atoms with van der Waals surface area (Å²) in [4.78, 5) is 6.10. The fourth-order valence-corrected chi connectivity index (χ4v) is 2.81. The summed E-state index contributed by atoms with van der Waals surface area (Å²) in [6.45, 7) is 8.57. The largest absolute Gasteiger partial charge is 0.389 e. The van der Waals surface area contributed by atoms with E-state index in [-0.39, 0.29) is 5.41 Å². The Morgan fingerprint density at radius 2 is 2.07 bits per heavy atom. The molecule has 1 aromatic heterocycles. The van der Waals surface area contributed by atoms with Crippen LogP contribution in [0.15, 0.2) is 0 Å². The van der Waals surface area contributed by atoms with E-state index in [4.69, 9.17) is 18.0 Å². The van der Waals surface area contributed by atoms with Crippen LogP contribution in [0.2, 0.25) is 0 Å². The molecule has 1 aromatic rings. The Labute approximate surface area is 101 Å². The number of hydrogen-bond donors (Lipinski definition) is 1. The zero-order valence-electron chi connectivity index (χ0n) is 9.76. The monoisotopic (exact) mass is 242 g/mol. The molecule has 0 unspecified atom stereocenters. The predicted octanol–water partition coefficient (Wildman–Crippen LogP) is 3.03. The molecule has 0 radical (unpaired) electrons. The first-order chi connectivity index (χ1) is 6.86. The quantitative estimate of drug-likeness (QED) is 0.828. The second-order valence-electron chi connectivity index (χ2n) is 4.65. The van der Waals surface area contributed by atoms with Crippen LogP contribution in [0.4, 0.5) is 0 Å². The molecule has 84 valence electrons. The van der Waals surface area contributed by atoms with Crippen LogP contribution in [0.25, 0.3) is 0 Å². The Morgan fingerprint density at radius 1 is 1.47 bits per heavy atom. The predicted molar refractivity (Wildman–Crippen MR) is 70.7 cm³/mol. The maximum Gasteiger partial charge on any atom is 0.116 e. The number of rotatable bonds is 3. The van der Waals surface area contributed by atoms with Crippen LogP contribution in [0.1, 0.15) is 49.7 Å². The number of thiazole rings is 1. The molecule has 0 saturated heterocycles. The second-order valence-corrected chi connectivity index (χ2v) is 6.17.